The van der Waals surface area contributed by atoms with Crippen molar-refractivity contribution >= 4 is 17.8 Å². The molecule has 0 aliphatic rings. The van der Waals surface area contributed by atoms with E-state index in [9.17, 15) is 14.9 Å². The lowest BCUT2D eigenvalue weighted by Gasteiger charge is -2.18. The number of amides is 1. The maximum Gasteiger partial charge on any atom is 0.323 e. The molecule has 0 atom stereocenters. The van der Waals surface area contributed by atoms with Crippen molar-refractivity contribution in [2.75, 3.05) is 0 Å². The van der Waals surface area contributed by atoms with Crippen LogP contribution in [0.3, 0.4) is 0 Å². The Kier molecular flexibility index (Phi) is 6.51. The summed E-state index contributed by atoms with van der Waals surface area (Å²) in [7, 11) is 0. The fourth-order valence-electron chi connectivity index (χ4n) is 2.28. The maximum absolute atomic E-state index is 12.5. The van der Waals surface area contributed by atoms with Crippen molar-refractivity contribution in [3.8, 4) is 11.5 Å². The van der Waals surface area contributed by atoms with Gasteiger partial charge in [0.25, 0.3) is 5.69 Å². The van der Waals surface area contributed by atoms with Gasteiger partial charge in [0.1, 0.15) is 11.5 Å². The van der Waals surface area contributed by atoms with Gasteiger partial charge in [0.05, 0.1) is 11.1 Å². The zero-order valence-electron chi connectivity index (χ0n) is 15.2. The van der Waals surface area contributed by atoms with Crippen molar-refractivity contribution in [2.24, 2.45) is 5.10 Å². The minimum atomic E-state index is -1.27. The molecule has 1 amide bonds. The fraction of sp³-hybridized carbons (Fsp3) is 0.0476. The molecule has 0 fully saturated rings. The summed E-state index contributed by atoms with van der Waals surface area (Å²) in [4.78, 5) is 22.7. The first-order valence-corrected chi connectivity index (χ1v) is 8.62. The Morgan fingerprint density at radius 1 is 0.897 bits per heavy atom. The topological polar surface area (TPSA) is 103 Å². The number of benzene rings is 3. The summed E-state index contributed by atoms with van der Waals surface area (Å²) in [6.45, 7) is 0. The quantitative estimate of drug-likeness (QED) is 0.274. The van der Waals surface area contributed by atoms with Crippen molar-refractivity contribution in [3.05, 3.63) is 101 Å². The smallest absolute Gasteiger partial charge is 0.323 e. The normalized spacial score (nSPS) is 10.7. The monoisotopic (exact) mass is 391 g/mol. The van der Waals surface area contributed by atoms with Crippen LogP contribution < -0.4 is 14.9 Å². The SMILES string of the molecule is O=C(NN=Cc1ccc([N+](=O)[O-])cc1)C(Oc1ccccc1)Oc1ccccc1. The number of nitrogens with one attached hydrogen (secondary N) is 1. The molecule has 146 valence electrons. The molecule has 29 heavy (non-hydrogen) atoms. The van der Waals surface area contributed by atoms with Gasteiger partial charge in [-0.1, -0.05) is 36.4 Å². The first-order chi connectivity index (χ1) is 14.1. The van der Waals surface area contributed by atoms with E-state index in [2.05, 4.69) is 10.5 Å². The largest absolute Gasteiger partial charge is 0.446 e. The van der Waals surface area contributed by atoms with Crippen molar-refractivity contribution in [3.63, 3.8) is 0 Å². The molecule has 0 unspecified atom stereocenters. The summed E-state index contributed by atoms with van der Waals surface area (Å²) in [6.07, 6.45) is 0.0952. The van der Waals surface area contributed by atoms with Gasteiger partial charge < -0.3 is 9.47 Å². The summed E-state index contributed by atoms with van der Waals surface area (Å²) in [5.41, 5.74) is 2.91. The standard InChI is InChI=1S/C21H17N3O5/c25-20(23-22-15-16-11-13-17(14-12-16)24(26)27)21(28-18-7-3-1-4-8-18)29-19-9-5-2-6-10-19/h1-15,21H,(H,23,25). The molecule has 0 aliphatic carbocycles. The molecule has 3 aromatic carbocycles. The first kappa shape index (κ1) is 19.6. The van der Waals surface area contributed by atoms with Crippen molar-refractivity contribution in [2.45, 2.75) is 6.29 Å². The molecule has 0 bridgehead atoms. The minimum absolute atomic E-state index is 0.0289. The average molecular weight is 391 g/mol. The third kappa shape index (κ3) is 5.90. The van der Waals surface area contributed by atoms with Gasteiger partial charge in [-0.15, -0.1) is 0 Å². The van der Waals surface area contributed by atoms with Crippen LogP contribution in [0.5, 0.6) is 11.5 Å². The van der Waals surface area contributed by atoms with Crippen LogP contribution in [0.15, 0.2) is 90.0 Å². The molecule has 8 heteroatoms. The van der Waals surface area contributed by atoms with Gasteiger partial charge in [-0.25, -0.2) is 5.43 Å². The van der Waals surface area contributed by atoms with Crippen LogP contribution in [-0.2, 0) is 4.79 Å². The number of para-hydroxylation sites is 2. The zero-order chi connectivity index (χ0) is 20.5. The number of hydrogen-bond donors (Lipinski definition) is 1. The van der Waals surface area contributed by atoms with E-state index in [-0.39, 0.29) is 5.69 Å². The van der Waals surface area contributed by atoms with Crippen molar-refractivity contribution in [1.82, 2.24) is 5.43 Å². The van der Waals surface area contributed by atoms with E-state index in [4.69, 9.17) is 9.47 Å². The summed E-state index contributed by atoms with van der Waals surface area (Å²) in [5.74, 6) is 0.307. The Balaban J connectivity index is 1.67. The van der Waals surface area contributed by atoms with E-state index in [1.165, 1.54) is 30.5 Å². The Hall–Kier alpha value is -4.20. The van der Waals surface area contributed by atoms with Crippen LogP contribution in [0.4, 0.5) is 5.69 Å². The van der Waals surface area contributed by atoms with Crippen LogP contribution in [0, 0.1) is 10.1 Å². The highest BCUT2D eigenvalue weighted by Crippen LogP contribution is 2.16. The van der Waals surface area contributed by atoms with E-state index in [1.54, 1.807) is 48.5 Å². The Morgan fingerprint density at radius 2 is 1.41 bits per heavy atom. The molecule has 0 aliphatic heterocycles. The van der Waals surface area contributed by atoms with Crippen LogP contribution in [0.1, 0.15) is 5.56 Å². The Bertz CT molecular complexity index is 935. The fourth-order valence-corrected chi connectivity index (χ4v) is 2.28. The average Bonchev–Trinajstić information content (AvgIpc) is 2.75. The molecule has 0 heterocycles. The van der Waals surface area contributed by atoms with E-state index in [0.717, 1.165) is 0 Å². The molecule has 0 saturated carbocycles. The number of hydrogen-bond acceptors (Lipinski definition) is 6. The van der Waals surface area contributed by atoms with Gasteiger partial charge in [0, 0.05) is 12.1 Å². The molecule has 0 aromatic heterocycles. The number of nitro groups is 1. The molecule has 0 spiro atoms. The van der Waals surface area contributed by atoms with Crippen LogP contribution in [0.25, 0.3) is 0 Å². The summed E-state index contributed by atoms with van der Waals surface area (Å²) >= 11 is 0. The second-order valence-electron chi connectivity index (χ2n) is 5.78. The number of rotatable bonds is 8. The third-order valence-electron chi connectivity index (χ3n) is 3.68. The molecule has 3 rings (SSSR count). The first-order valence-electron chi connectivity index (χ1n) is 8.62. The lowest BCUT2D eigenvalue weighted by molar-refractivity contribution is -0.384. The number of carbonyl (C=O) groups is 1. The summed E-state index contributed by atoms with van der Waals surface area (Å²) < 4.78 is 11.3. The summed E-state index contributed by atoms with van der Waals surface area (Å²) in [6, 6.07) is 23.3. The second kappa shape index (κ2) is 9.65. The Labute approximate surface area is 166 Å². The van der Waals surface area contributed by atoms with Crippen molar-refractivity contribution in [1.29, 1.82) is 0 Å². The number of nitro benzene ring substituents is 1. The minimum Gasteiger partial charge on any atom is -0.446 e. The number of hydrazone groups is 1. The number of carbonyl (C=O) groups excluding carboxylic acids is 1. The van der Waals surface area contributed by atoms with Crippen LogP contribution in [-0.4, -0.2) is 23.3 Å². The van der Waals surface area contributed by atoms with Gasteiger partial charge >= 0.3 is 12.2 Å². The van der Waals surface area contributed by atoms with Gasteiger partial charge in [-0.3, -0.25) is 14.9 Å². The van der Waals surface area contributed by atoms with Gasteiger partial charge in [0.15, 0.2) is 0 Å². The Morgan fingerprint density at radius 3 is 1.90 bits per heavy atom. The van der Waals surface area contributed by atoms with E-state index >= 15 is 0 Å². The number of non-ortho nitro benzene ring substituents is 1. The van der Waals surface area contributed by atoms with Gasteiger partial charge in [-0.05, 0) is 42.0 Å². The highest BCUT2D eigenvalue weighted by Gasteiger charge is 2.22. The summed E-state index contributed by atoms with van der Waals surface area (Å²) in [5, 5.41) is 14.5. The lowest BCUT2D eigenvalue weighted by atomic mass is 10.2. The third-order valence-corrected chi connectivity index (χ3v) is 3.68. The van der Waals surface area contributed by atoms with Crippen molar-refractivity contribution < 1.29 is 19.2 Å². The highest BCUT2D eigenvalue weighted by atomic mass is 16.7. The predicted octanol–water partition coefficient (Wildman–Crippen LogP) is 3.53. The van der Waals surface area contributed by atoms with Crippen LogP contribution in [0.2, 0.25) is 0 Å². The molecular formula is C21H17N3O5. The molecule has 0 radical (unpaired) electrons. The van der Waals surface area contributed by atoms with Gasteiger partial charge in [-0.2, -0.15) is 5.10 Å². The molecular weight excluding hydrogens is 374 g/mol. The van der Waals surface area contributed by atoms with E-state index < -0.39 is 17.1 Å². The van der Waals surface area contributed by atoms with Crippen LogP contribution >= 0.6 is 0 Å². The lowest BCUT2D eigenvalue weighted by Crippen LogP contribution is -2.40. The van der Waals surface area contributed by atoms with E-state index in [1.807, 2.05) is 12.1 Å². The highest BCUT2D eigenvalue weighted by molar-refractivity contribution is 5.84. The predicted molar refractivity (Wildman–Crippen MR) is 107 cm³/mol. The molecule has 3 aromatic rings. The maximum atomic E-state index is 12.5. The second-order valence-corrected chi connectivity index (χ2v) is 5.78. The zero-order valence-corrected chi connectivity index (χ0v) is 15.2. The molecule has 8 nitrogen and oxygen atoms in total. The molecule has 0 saturated heterocycles. The molecule has 1 N–H and O–H groups in total. The number of ether oxygens (including phenoxy) is 2. The van der Waals surface area contributed by atoms with E-state index in [0.29, 0.717) is 17.1 Å². The number of nitrogens with zero attached hydrogens (tertiary/aromatic N) is 2. The van der Waals surface area contributed by atoms with Gasteiger partial charge in [0.2, 0.25) is 0 Å².